The van der Waals surface area contributed by atoms with Gasteiger partial charge in [-0.05, 0) is 38.6 Å². The highest BCUT2D eigenvalue weighted by atomic mass is 35.5. The Morgan fingerprint density at radius 1 is 1.27 bits per heavy atom. The Bertz CT molecular complexity index is 308. The third kappa shape index (κ3) is 3.47. The van der Waals surface area contributed by atoms with Crippen LogP contribution in [0.1, 0.15) is 19.4 Å². The number of benzene rings is 1. The van der Waals surface area contributed by atoms with Gasteiger partial charge in [-0.15, -0.1) is 11.6 Å². The number of hydrogen-bond donors (Lipinski definition) is 0. The van der Waals surface area contributed by atoms with Crippen LogP contribution in [-0.4, -0.2) is 23.4 Å². The number of alkyl halides is 1. The summed E-state index contributed by atoms with van der Waals surface area (Å²) in [7, 11) is 2.02. The van der Waals surface area contributed by atoms with E-state index < -0.39 is 0 Å². The van der Waals surface area contributed by atoms with Crippen LogP contribution in [0.3, 0.4) is 0 Å². The van der Waals surface area contributed by atoms with Crippen molar-refractivity contribution >= 4 is 11.6 Å². The van der Waals surface area contributed by atoms with Gasteiger partial charge < -0.3 is 0 Å². The molecule has 0 aliphatic carbocycles. The minimum Gasteiger partial charge on any atom is -0.296 e. The van der Waals surface area contributed by atoms with E-state index in [9.17, 15) is 4.39 Å². The molecule has 0 saturated heterocycles. The van der Waals surface area contributed by atoms with Crippen molar-refractivity contribution in [3.05, 3.63) is 35.6 Å². The van der Waals surface area contributed by atoms with Crippen molar-refractivity contribution < 1.29 is 4.39 Å². The highest BCUT2D eigenvalue weighted by Crippen LogP contribution is 2.17. The van der Waals surface area contributed by atoms with Gasteiger partial charge in [0.25, 0.3) is 0 Å². The largest absolute Gasteiger partial charge is 0.296 e. The zero-order chi connectivity index (χ0) is 11.5. The molecule has 1 nitrogen and oxygen atoms in total. The van der Waals surface area contributed by atoms with Crippen LogP contribution in [0.25, 0.3) is 0 Å². The standard InChI is InChI=1S/C12H17ClFN/c1-12(2,9-13)15(3)8-10-4-6-11(14)7-5-10/h4-7H,8-9H2,1-3H3. The van der Waals surface area contributed by atoms with E-state index in [1.165, 1.54) is 12.1 Å². The van der Waals surface area contributed by atoms with Crippen LogP contribution in [0.5, 0.6) is 0 Å². The first kappa shape index (κ1) is 12.5. The highest BCUT2D eigenvalue weighted by molar-refractivity contribution is 6.18. The molecular formula is C12H17ClFN. The Labute approximate surface area is 95.8 Å². The molecule has 0 fully saturated rings. The Morgan fingerprint density at radius 2 is 1.80 bits per heavy atom. The zero-order valence-electron chi connectivity index (χ0n) is 9.43. The maximum atomic E-state index is 12.7. The van der Waals surface area contributed by atoms with Crippen molar-refractivity contribution in [1.29, 1.82) is 0 Å². The molecule has 3 heteroatoms. The molecule has 0 N–H and O–H groups in total. The monoisotopic (exact) mass is 229 g/mol. The average Bonchev–Trinajstić information content (AvgIpc) is 2.21. The van der Waals surface area contributed by atoms with E-state index in [0.717, 1.165) is 12.1 Å². The van der Waals surface area contributed by atoms with Gasteiger partial charge in [0.15, 0.2) is 0 Å². The predicted octanol–water partition coefficient (Wildman–Crippen LogP) is 3.27. The van der Waals surface area contributed by atoms with Crippen LogP contribution >= 0.6 is 11.6 Å². The van der Waals surface area contributed by atoms with Gasteiger partial charge in [-0.3, -0.25) is 4.90 Å². The molecule has 0 aliphatic heterocycles. The van der Waals surface area contributed by atoms with Gasteiger partial charge in [0.2, 0.25) is 0 Å². The van der Waals surface area contributed by atoms with Crippen LogP contribution in [0.15, 0.2) is 24.3 Å². The highest BCUT2D eigenvalue weighted by Gasteiger charge is 2.21. The van der Waals surface area contributed by atoms with Gasteiger partial charge in [0.1, 0.15) is 5.82 Å². The topological polar surface area (TPSA) is 3.24 Å². The third-order valence-electron chi connectivity index (χ3n) is 2.69. The molecule has 0 amide bonds. The Balaban J connectivity index is 2.66. The molecule has 1 aromatic carbocycles. The molecule has 15 heavy (non-hydrogen) atoms. The van der Waals surface area contributed by atoms with Crippen molar-refractivity contribution in [2.45, 2.75) is 25.9 Å². The van der Waals surface area contributed by atoms with Crippen LogP contribution in [0.4, 0.5) is 4.39 Å². The SMILES string of the molecule is CN(Cc1ccc(F)cc1)C(C)(C)CCl. The summed E-state index contributed by atoms with van der Waals surface area (Å²) in [6, 6.07) is 6.57. The first-order chi connectivity index (χ1) is 6.95. The molecule has 1 rings (SSSR count). The van der Waals surface area contributed by atoms with Crippen molar-refractivity contribution in [1.82, 2.24) is 4.90 Å². The Hall–Kier alpha value is -0.600. The fourth-order valence-corrected chi connectivity index (χ4v) is 1.38. The van der Waals surface area contributed by atoms with Crippen molar-refractivity contribution in [2.24, 2.45) is 0 Å². The van der Waals surface area contributed by atoms with E-state index in [1.54, 1.807) is 12.1 Å². The molecule has 1 aromatic rings. The summed E-state index contributed by atoms with van der Waals surface area (Å²) < 4.78 is 12.7. The van der Waals surface area contributed by atoms with E-state index in [1.807, 2.05) is 7.05 Å². The zero-order valence-corrected chi connectivity index (χ0v) is 10.2. The molecule has 0 radical (unpaired) electrons. The van der Waals surface area contributed by atoms with E-state index in [0.29, 0.717) is 5.88 Å². The second kappa shape index (κ2) is 4.95. The number of hydrogen-bond acceptors (Lipinski definition) is 1. The van der Waals surface area contributed by atoms with Gasteiger partial charge in [-0.25, -0.2) is 4.39 Å². The smallest absolute Gasteiger partial charge is 0.123 e. The van der Waals surface area contributed by atoms with Crippen LogP contribution in [-0.2, 0) is 6.54 Å². The predicted molar refractivity (Wildman–Crippen MR) is 62.7 cm³/mol. The average molecular weight is 230 g/mol. The second-order valence-electron chi connectivity index (χ2n) is 4.43. The summed E-state index contributed by atoms with van der Waals surface area (Å²) in [4.78, 5) is 2.16. The molecular weight excluding hydrogens is 213 g/mol. The maximum Gasteiger partial charge on any atom is 0.123 e. The van der Waals surface area contributed by atoms with Crippen molar-refractivity contribution in [3.63, 3.8) is 0 Å². The quantitative estimate of drug-likeness (QED) is 0.717. The van der Waals surface area contributed by atoms with Crippen LogP contribution in [0, 0.1) is 5.82 Å². The maximum absolute atomic E-state index is 12.7. The lowest BCUT2D eigenvalue weighted by Gasteiger charge is -2.33. The number of halogens is 2. The molecule has 0 saturated carbocycles. The fourth-order valence-electron chi connectivity index (χ4n) is 1.18. The van der Waals surface area contributed by atoms with Crippen molar-refractivity contribution in [2.75, 3.05) is 12.9 Å². The summed E-state index contributed by atoms with van der Waals surface area (Å²) in [6.07, 6.45) is 0. The molecule has 0 bridgehead atoms. The molecule has 0 unspecified atom stereocenters. The van der Waals surface area contributed by atoms with Crippen molar-refractivity contribution in [3.8, 4) is 0 Å². The summed E-state index contributed by atoms with van der Waals surface area (Å²) in [5, 5.41) is 0. The van der Waals surface area contributed by atoms with Gasteiger partial charge >= 0.3 is 0 Å². The number of rotatable bonds is 4. The molecule has 0 aliphatic rings. The number of nitrogens with zero attached hydrogens (tertiary/aromatic N) is 1. The van der Waals surface area contributed by atoms with E-state index in [2.05, 4.69) is 18.7 Å². The Kier molecular flexibility index (Phi) is 4.12. The normalized spacial score (nSPS) is 12.1. The minimum absolute atomic E-state index is 0.0457. The van der Waals surface area contributed by atoms with E-state index >= 15 is 0 Å². The van der Waals surface area contributed by atoms with E-state index in [4.69, 9.17) is 11.6 Å². The van der Waals surface area contributed by atoms with Gasteiger partial charge in [-0.1, -0.05) is 12.1 Å². The molecule has 0 aromatic heterocycles. The van der Waals surface area contributed by atoms with Gasteiger partial charge in [0.05, 0.1) is 0 Å². The molecule has 0 atom stereocenters. The summed E-state index contributed by atoms with van der Waals surface area (Å²) in [5.74, 6) is 0.378. The third-order valence-corrected chi connectivity index (χ3v) is 3.35. The van der Waals surface area contributed by atoms with E-state index in [-0.39, 0.29) is 11.4 Å². The summed E-state index contributed by atoms with van der Waals surface area (Å²) in [5.41, 5.74) is 1.05. The minimum atomic E-state index is -0.196. The lowest BCUT2D eigenvalue weighted by molar-refractivity contribution is 0.170. The second-order valence-corrected chi connectivity index (χ2v) is 4.70. The first-order valence-corrected chi connectivity index (χ1v) is 5.51. The Morgan fingerprint density at radius 3 is 2.27 bits per heavy atom. The molecule has 84 valence electrons. The first-order valence-electron chi connectivity index (χ1n) is 4.97. The van der Waals surface area contributed by atoms with Gasteiger partial charge in [-0.2, -0.15) is 0 Å². The van der Waals surface area contributed by atoms with Crippen LogP contribution < -0.4 is 0 Å². The molecule has 0 spiro atoms. The van der Waals surface area contributed by atoms with Gasteiger partial charge in [0, 0.05) is 18.0 Å². The molecule has 0 heterocycles. The lowest BCUT2D eigenvalue weighted by atomic mass is 10.1. The fraction of sp³-hybridized carbons (Fsp3) is 0.500. The lowest BCUT2D eigenvalue weighted by Crippen LogP contribution is -2.42. The van der Waals surface area contributed by atoms with Crippen LogP contribution in [0.2, 0.25) is 0 Å². The summed E-state index contributed by atoms with van der Waals surface area (Å²) in [6.45, 7) is 4.95. The summed E-state index contributed by atoms with van der Waals surface area (Å²) >= 11 is 5.88.